The number of ether oxygens (including phenoxy) is 1. The maximum absolute atomic E-state index is 12.4. The molecule has 5 heteroatoms. The number of amides is 1. The molecule has 0 atom stereocenters. The van der Waals surface area contributed by atoms with Gasteiger partial charge in [-0.3, -0.25) is 4.79 Å². The second-order valence-corrected chi connectivity index (χ2v) is 6.12. The van der Waals surface area contributed by atoms with Gasteiger partial charge in [-0.05, 0) is 45.8 Å². The van der Waals surface area contributed by atoms with Gasteiger partial charge in [0.2, 0.25) is 0 Å². The summed E-state index contributed by atoms with van der Waals surface area (Å²) in [5, 5.41) is 6.34. The highest BCUT2D eigenvalue weighted by Crippen LogP contribution is 2.23. The molecule has 1 heterocycles. The minimum Gasteiger partial charge on any atom is -0.368 e. The van der Waals surface area contributed by atoms with Gasteiger partial charge in [0.1, 0.15) is 5.60 Å². The van der Waals surface area contributed by atoms with Gasteiger partial charge >= 0.3 is 0 Å². The predicted molar refractivity (Wildman–Crippen MR) is 79.7 cm³/mol. The molecule has 0 spiro atoms. The van der Waals surface area contributed by atoms with Crippen LogP contribution in [0.25, 0.3) is 0 Å². The maximum atomic E-state index is 12.4. The van der Waals surface area contributed by atoms with Crippen LogP contribution >= 0.6 is 0 Å². The summed E-state index contributed by atoms with van der Waals surface area (Å²) in [6.07, 6.45) is 6.82. The molecular formula is C15H29N3O2. The molecule has 0 bridgehead atoms. The third-order valence-corrected chi connectivity index (χ3v) is 4.91. The molecular weight excluding hydrogens is 254 g/mol. The number of nitrogens with one attached hydrogen (secondary N) is 2. The van der Waals surface area contributed by atoms with E-state index in [2.05, 4.69) is 22.6 Å². The lowest BCUT2D eigenvalue weighted by Crippen LogP contribution is -2.55. The zero-order valence-corrected chi connectivity index (χ0v) is 12.9. The Hall–Kier alpha value is -0.650. The molecule has 1 aliphatic carbocycles. The third-order valence-electron chi connectivity index (χ3n) is 4.91. The minimum absolute atomic E-state index is 0.0568. The Labute approximate surface area is 122 Å². The van der Waals surface area contributed by atoms with Crippen molar-refractivity contribution >= 4 is 5.91 Å². The number of likely N-dealkylation sites (N-methyl/N-ethyl adjacent to an activating group) is 1. The lowest BCUT2D eigenvalue weighted by molar-refractivity contribution is -0.146. The van der Waals surface area contributed by atoms with Crippen molar-refractivity contribution in [3.63, 3.8) is 0 Å². The molecule has 2 aliphatic rings. The van der Waals surface area contributed by atoms with Crippen LogP contribution in [0.5, 0.6) is 0 Å². The summed E-state index contributed by atoms with van der Waals surface area (Å²) in [5.41, 5.74) is -0.614. The van der Waals surface area contributed by atoms with Gasteiger partial charge in [0.25, 0.3) is 5.91 Å². The lowest BCUT2D eigenvalue weighted by Gasteiger charge is -2.35. The van der Waals surface area contributed by atoms with Crippen molar-refractivity contribution in [3.8, 4) is 0 Å². The number of carbonyl (C=O) groups is 1. The van der Waals surface area contributed by atoms with Crippen LogP contribution in [0, 0.1) is 0 Å². The summed E-state index contributed by atoms with van der Waals surface area (Å²) in [4.78, 5) is 14.8. The van der Waals surface area contributed by atoms with E-state index in [1.807, 2.05) is 0 Å². The first-order chi connectivity index (χ1) is 9.68. The fourth-order valence-electron chi connectivity index (χ4n) is 3.39. The molecule has 0 aromatic heterocycles. The quantitative estimate of drug-likeness (QED) is 0.755. The second-order valence-electron chi connectivity index (χ2n) is 6.12. The number of piperidine rings is 1. The van der Waals surface area contributed by atoms with E-state index in [9.17, 15) is 4.79 Å². The molecule has 2 fully saturated rings. The van der Waals surface area contributed by atoms with E-state index in [4.69, 9.17) is 4.74 Å². The molecule has 1 saturated carbocycles. The van der Waals surface area contributed by atoms with Crippen LogP contribution in [0.15, 0.2) is 0 Å². The Balaban J connectivity index is 1.73. The van der Waals surface area contributed by atoms with E-state index in [0.29, 0.717) is 12.6 Å². The fourth-order valence-corrected chi connectivity index (χ4v) is 3.39. The molecule has 0 radical (unpaired) electrons. The highest BCUT2D eigenvalue weighted by atomic mass is 16.5. The Bertz CT molecular complexity index is 310. The summed E-state index contributed by atoms with van der Waals surface area (Å²) < 4.78 is 5.53. The zero-order valence-electron chi connectivity index (χ0n) is 12.9. The molecule has 20 heavy (non-hydrogen) atoms. The topological polar surface area (TPSA) is 53.6 Å². The van der Waals surface area contributed by atoms with Crippen molar-refractivity contribution in [1.82, 2.24) is 15.5 Å². The van der Waals surface area contributed by atoms with Crippen LogP contribution in [0.3, 0.4) is 0 Å². The third kappa shape index (κ3) is 3.71. The van der Waals surface area contributed by atoms with Crippen LogP contribution in [0.4, 0.5) is 0 Å². The van der Waals surface area contributed by atoms with Gasteiger partial charge in [-0.15, -0.1) is 0 Å². The maximum Gasteiger partial charge on any atom is 0.252 e. The van der Waals surface area contributed by atoms with E-state index in [-0.39, 0.29) is 5.91 Å². The molecule has 116 valence electrons. The summed E-state index contributed by atoms with van der Waals surface area (Å²) in [6, 6.07) is 0.710. The van der Waals surface area contributed by atoms with Crippen LogP contribution < -0.4 is 10.6 Å². The van der Waals surface area contributed by atoms with Crippen LogP contribution in [0.1, 0.15) is 38.5 Å². The van der Waals surface area contributed by atoms with E-state index in [0.717, 1.165) is 32.5 Å². The second kappa shape index (κ2) is 7.38. The van der Waals surface area contributed by atoms with Gasteiger partial charge in [0.15, 0.2) is 0 Å². The number of hydrogen-bond donors (Lipinski definition) is 2. The molecule has 5 nitrogen and oxygen atoms in total. The Morgan fingerprint density at radius 2 is 2.00 bits per heavy atom. The Morgan fingerprint density at radius 3 is 2.60 bits per heavy atom. The summed E-state index contributed by atoms with van der Waals surface area (Å²) in [6.45, 7) is 3.34. The van der Waals surface area contributed by atoms with E-state index < -0.39 is 5.60 Å². The van der Waals surface area contributed by atoms with Gasteiger partial charge in [-0.2, -0.15) is 0 Å². The average molecular weight is 283 g/mol. The van der Waals surface area contributed by atoms with Gasteiger partial charge in [0.05, 0.1) is 0 Å². The zero-order chi connectivity index (χ0) is 14.4. The molecule has 0 aromatic rings. The van der Waals surface area contributed by atoms with Crippen molar-refractivity contribution in [2.75, 3.05) is 40.3 Å². The van der Waals surface area contributed by atoms with Gasteiger partial charge < -0.3 is 20.3 Å². The predicted octanol–water partition coefficient (Wildman–Crippen LogP) is 0.746. The molecule has 1 aliphatic heterocycles. The van der Waals surface area contributed by atoms with Crippen LogP contribution in [-0.4, -0.2) is 62.8 Å². The number of methoxy groups -OCH3 is 1. The van der Waals surface area contributed by atoms with E-state index >= 15 is 0 Å². The number of rotatable bonds is 6. The Morgan fingerprint density at radius 1 is 1.35 bits per heavy atom. The molecule has 1 saturated heterocycles. The van der Waals surface area contributed by atoms with Gasteiger partial charge in [-0.1, -0.05) is 12.8 Å². The number of hydrogen-bond acceptors (Lipinski definition) is 4. The monoisotopic (exact) mass is 283 g/mol. The van der Waals surface area contributed by atoms with Crippen molar-refractivity contribution in [3.05, 3.63) is 0 Å². The highest BCUT2D eigenvalue weighted by molar-refractivity contribution is 5.85. The first-order valence-electron chi connectivity index (χ1n) is 7.92. The molecule has 0 aromatic carbocycles. The summed E-state index contributed by atoms with van der Waals surface area (Å²) in [7, 11) is 3.81. The largest absolute Gasteiger partial charge is 0.368 e. The highest BCUT2D eigenvalue weighted by Gasteiger charge is 2.39. The number of carbonyl (C=O) groups excluding carboxylic acids is 1. The van der Waals surface area contributed by atoms with Gasteiger partial charge in [0, 0.05) is 26.2 Å². The van der Waals surface area contributed by atoms with Crippen LogP contribution in [-0.2, 0) is 9.53 Å². The molecule has 2 N–H and O–H groups in total. The van der Waals surface area contributed by atoms with Crippen molar-refractivity contribution < 1.29 is 9.53 Å². The summed E-state index contributed by atoms with van der Waals surface area (Å²) in [5.74, 6) is 0.0568. The fraction of sp³-hybridized carbons (Fsp3) is 0.933. The van der Waals surface area contributed by atoms with Crippen molar-refractivity contribution in [2.45, 2.75) is 50.2 Å². The minimum atomic E-state index is -0.614. The smallest absolute Gasteiger partial charge is 0.252 e. The molecule has 2 rings (SSSR count). The first-order valence-corrected chi connectivity index (χ1v) is 7.92. The summed E-state index contributed by atoms with van der Waals surface area (Å²) >= 11 is 0. The first kappa shape index (κ1) is 15.7. The molecule has 0 unspecified atom stereocenters. The van der Waals surface area contributed by atoms with Crippen molar-refractivity contribution in [1.29, 1.82) is 0 Å². The SMILES string of the molecule is COC1(C(=O)NCCN(C)C2CCCC2)CCNCC1. The average Bonchev–Trinajstić information content (AvgIpc) is 3.02. The number of nitrogens with zero attached hydrogens (tertiary/aromatic N) is 1. The standard InChI is InChI=1S/C15H29N3O2/c1-18(13-5-3-4-6-13)12-11-17-14(19)15(20-2)7-9-16-10-8-15/h13,16H,3-12H2,1-2H3,(H,17,19). The molecule has 1 amide bonds. The van der Waals surface area contributed by atoms with Crippen molar-refractivity contribution in [2.24, 2.45) is 0 Å². The van der Waals surface area contributed by atoms with E-state index in [1.54, 1.807) is 7.11 Å². The lowest BCUT2D eigenvalue weighted by atomic mass is 9.91. The van der Waals surface area contributed by atoms with E-state index in [1.165, 1.54) is 25.7 Å². The Kier molecular flexibility index (Phi) is 5.81. The normalized spacial score (nSPS) is 23.1. The van der Waals surface area contributed by atoms with Gasteiger partial charge in [-0.25, -0.2) is 0 Å². The van der Waals surface area contributed by atoms with Crippen LogP contribution in [0.2, 0.25) is 0 Å².